The predicted molar refractivity (Wildman–Crippen MR) is 147 cm³/mol. The van der Waals surface area contributed by atoms with Gasteiger partial charge >= 0.3 is 6.18 Å². The van der Waals surface area contributed by atoms with Crippen molar-refractivity contribution in [1.82, 2.24) is 0 Å². The van der Waals surface area contributed by atoms with Gasteiger partial charge in [-0.2, -0.15) is 13.2 Å². The van der Waals surface area contributed by atoms with E-state index in [4.69, 9.17) is 21.1 Å². The molecule has 0 saturated heterocycles. The minimum atomic E-state index is -4.72. The predicted octanol–water partition coefficient (Wildman–Crippen LogP) is 7.96. The first kappa shape index (κ1) is 29.5. The van der Waals surface area contributed by atoms with E-state index in [1.54, 1.807) is 31.2 Å². The Morgan fingerprint density at radius 3 is 2.58 bits per heavy atom. The molecule has 3 aromatic carbocycles. The standard InChI is InChI=1S/C29H26ClF4NO4S/c1-18(14-24-25(30)8-5-9-26(24)31)20-11-13-28-27(15-20)35(17-22(39-28)12-10-19(2)38-3)40(36,37)23-7-4-6-21(16-23)29(32,33)34/h4-9,11,13-16,22H,2,10,12,17H2,1,3H3. The number of anilines is 1. The molecule has 11 heteroatoms. The molecule has 0 fully saturated rings. The first-order valence-electron chi connectivity index (χ1n) is 12.2. The molecule has 1 atom stereocenters. The lowest BCUT2D eigenvalue weighted by atomic mass is 10.0. The van der Waals surface area contributed by atoms with Crippen molar-refractivity contribution < 1.29 is 35.5 Å². The largest absolute Gasteiger partial charge is 0.502 e. The third-order valence-electron chi connectivity index (χ3n) is 6.49. The van der Waals surface area contributed by atoms with Gasteiger partial charge in [-0.25, -0.2) is 12.8 Å². The maximum absolute atomic E-state index is 14.4. The topological polar surface area (TPSA) is 55.8 Å². The van der Waals surface area contributed by atoms with Crippen molar-refractivity contribution in [2.24, 2.45) is 0 Å². The molecule has 40 heavy (non-hydrogen) atoms. The maximum atomic E-state index is 14.4. The summed E-state index contributed by atoms with van der Waals surface area (Å²) in [4.78, 5) is -0.508. The van der Waals surface area contributed by atoms with Gasteiger partial charge in [0.15, 0.2) is 0 Å². The number of fused-ring (bicyclic) bond motifs is 1. The number of nitrogens with zero attached hydrogens (tertiary/aromatic N) is 1. The van der Waals surface area contributed by atoms with Gasteiger partial charge in [0.05, 0.1) is 40.6 Å². The van der Waals surface area contributed by atoms with E-state index in [1.807, 2.05) is 0 Å². The summed E-state index contributed by atoms with van der Waals surface area (Å²) >= 11 is 6.16. The number of halogens is 5. The molecular weight excluding hydrogens is 570 g/mol. The van der Waals surface area contributed by atoms with Gasteiger partial charge in [-0.1, -0.05) is 36.4 Å². The number of allylic oxidation sites excluding steroid dienone is 2. The van der Waals surface area contributed by atoms with E-state index in [-0.39, 0.29) is 28.6 Å². The Labute approximate surface area is 235 Å². The smallest absolute Gasteiger partial charge is 0.416 e. The molecule has 1 aliphatic heterocycles. The minimum Gasteiger partial charge on any atom is -0.502 e. The third-order valence-corrected chi connectivity index (χ3v) is 8.60. The summed E-state index contributed by atoms with van der Waals surface area (Å²) in [6.07, 6.45) is -3.07. The zero-order valence-corrected chi connectivity index (χ0v) is 23.2. The number of ether oxygens (including phenoxy) is 2. The molecule has 0 aliphatic carbocycles. The van der Waals surface area contributed by atoms with Crippen molar-refractivity contribution in [3.05, 3.63) is 101 Å². The van der Waals surface area contributed by atoms with Crippen LogP contribution in [0.5, 0.6) is 5.75 Å². The van der Waals surface area contributed by atoms with Crippen LogP contribution in [0.25, 0.3) is 11.6 Å². The van der Waals surface area contributed by atoms with Crippen molar-refractivity contribution in [2.45, 2.75) is 36.9 Å². The molecule has 1 aliphatic rings. The molecule has 212 valence electrons. The van der Waals surface area contributed by atoms with Crippen molar-refractivity contribution in [1.29, 1.82) is 0 Å². The van der Waals surface area contributed by atoms with Crippen molar-refractivity contribution in [3.63, 3.8) is 0 Å². The second kappa shape index (κ2) is 11.5. The highest BCUT2D eigenvalue weighted by Crippen LogP contribution is 2.41. The van der Waals surface area contributed by atoms with Gasteiger partial charge < -0.3 is 9.47 Å². The Balaban J connectivity index is 1.79. The van der Waals surface area contributed by atoms with Crippen LogP contribution in [-0.4, -0.2) is 28.2 Å². The summed E-state index contributed by atoms with van der Waals surface area (Å²) in [5.74, 6) is 0.183. The first-order valence-corrected chi connectivity index (χ1v) is 14.0. The van der Waals surface area contributed by atoms with E-state index in [0.29, 0.717) is 35.8 Å². The second-order valence-corrected chi connectivity index (χ2v) is 11.5. The number of sulfonamides is 1. The van der Waals surface area contributed by atoms with E-state index < -0.39 is 38.6 Å². The zero-order valence-electron chi connectivity index (χ0n) is 21.6. The van der Waals surface area contributed by atoms with Gasteiger partial charge in [0, 0.05) is 12.0 Å². The van der Waals surface area contributed by atoms with E-state index in [2.05, 4.69) is 6.58 Å². The summed E-state index contributed by atoms with van der Waals surface area (Å²) in [7, 11) is -2.98. The molecule has 3 aromatic rings. The molecule has 0 N–H and O–H groups in total. The van der Waals surface area contributed by atoms with Crippen LogP contribution in [0, 0.1) is 5.82 Å². The van der Waals surface area contributed by atoms with Crippen LogP contribution in [-0.2, 0) is 20.9 Å². The molecule has 0 amide bonds. The molecule has 0 spiro atoms. The Bertz CT molecular complexity index is 1550. The number of methoxy groups -OCH3 is 1. The second-order valence-electron chi connectivity index (χ2n) is 9.23. The lowest BCUT2D eigenvalue weighted by molar-refractivity contribution is -0.137. The van der Waals surface area contributed by atoms with Gasteiger partial charge in [-0.3, -0.25) is 4.31 Å². The van der Waals surface area contributed by atoms with Crippen molar-refractivity contribution in [2.75, 3.05) is 18.0 Å². The van der Waals surface area contributed by atoms with Crippen LogP contribution in [0.1, 0.15) is 36.5 Å². The molecule has 0 bridgehead atoms. The van der Waals surface area contributed by atoms with E-state index in [1.165, 1.54) is 25.3 Å². The minimum absolute atomic E-state index is 0.143. The van der Waals surface area contributed by atoms with Crippen LogP contribution in [0.4, 0.5) is 23.2 Å². The molecule has 0 aromatic heterocycles. The summed E-state index contributed by atoms with van der Waals surface area (Å²) in [5, 5.41) is 0.204. The number of rotatable bonds is 8. The summed E-state index contributed by atoms with van der Waals surface area (Å²) in [5.41, 5.74) is 0.345. The Morgan fingerprint density at radius 2 is 1.90 bits per heavy atom. The number of hydrogen-bond donors (Lipinski definition) is 0. The highest BCUT2D eigenvalue weighted by atomic mass is 35.5. The fraction of sp³-hybridized carbons (Fsp3) is 0.241. The molecule has 1 heterocycles. The summed E-state index contributed by atoms with van der Waals surface area (Å²) < 4.78 is 94.4. The van der Waals surface area contributed by atoms with Crippen molar-refractivity contribution in [3.8, 4) is 5.75 Å². The fourth-order valence-corrected chi connectivity index (χ4v) is 6.03. The van der Waals surface area contributed by atoms with Gasteiger partial charge in [0.1, 0.15) is 17.7 Å². The Morgan fingerprint density at radius 1 is 1.18 bits per heavy atom. The van der Waals surface area contributed by atoms with Gasteiger partial charge in [0.2, 0.25) is 0 Å². The highest BCUT2D eigenvalue weighted by Gasteiger charge is 2.37. The lowest BCUT2D eigenvalue weighted by Gasteiger charge is -2.36. The average molecular weight is 596 g/mol. The monoisotopic (exact) mass is 595 g/mol. The molecule has 0 radical (unpaired) electrons. The van der Waals surface area contributed by atoms with Gasteiger partial charge in [-0.15, -0.1) is 0 Å². The molecule has 0 saturated carbocycles. The van der Waals surface area contributed by atoms with Crippen LogP contribution >= 0.6 is 11.6 Å². The van der Waals surface area contributed by atoms with Gasteiger partial charge in [-0.05, 0) is 73.0 Å². The quantitative estimate of drug-likeness (QED) is 0.151. The van der Waals surface area contributed by atoms with Crippen LogP contribution in [0.2, 0.25) is 5.02 Å². The zero-order chi connectivity index (χ0) is 29.2. The van der Waals surface area contributed by atoms with E-state index in [0.717, 1.165) is 22.5 Å². The number of benzene rings is 3. The number of hydrogen-bond acceptors (Lipinski definition) is 4. The lowest BCUT2D eigenvalue weighted by Crippen LogP contribution is -2.43. The van der Waals surface area contributed by atoms with Crippen molar-refractivity contribution >= 4 is 39.0 Å². The van der Waals surface area contributed by atoms with E-state index in [9.17, 15) is 26.0 Å². The summed E-state index contributed by atoms with van der Waals surface area (Å²) in [6.45, 7) is 5.32. The normalized spacial score (nSPS) is 15.8. The average Bonchev–Trinajstić information content (AvgIpc) is 2.92. The summed E-state index contributed by atoms with van der Waals surface area (Å²) in [6, 6.07) is 12.7. The first-order chi connectivity index (χ1) is 18.8. The number of alkyl halides is 3. The molecule has 4 rings (SSSR count). The fourth-order valence-electron chi connectivity index (χ4n) is 4.27. The highest BCUT2D eigenvalue weighted by molar-refractivity contribution is 7.92. The van der Waals surface area contributed by atoms with Crippen LogP contribution in [0.15, 0.2) is 77.9 Å². The maximum Gasteiger partial charge on any atom is 0.416 e. The van der Waals surface area contributed by atoms with Crippen LogP contribution in [0.3, 0.4) is 0 Å². The molecule has 1 unspecified atom stereocenters. The Hall–Kier alpha value is -3.50. The Kier molecular flexibility index (Phi) is 8.51. The molecular formula is C29H26ClF4NO4S. The van der Waals surface area contributed by atoms with Gasteiger partial charge in [0.25, 0.3) is 10.0 Å². The van der Waals surface area contributed by atoms with Crippen LogP contribution < -0.4 is 9.04 Å². The third kappa shape index (κ3) is 6.28. The SMILES string of the molecule is C=C(CCC1CN(S(=O)(=O)c2cccc(C(F)(F)F)c2)c2cc(C(C)=Cc3c(F)cccc3Cl)ccc2O1)OC. The molecule has 5 nitrogen and oxygen atoms in total. The van der Waals surface area contributed by atoms with E-state index >= 15 is 0 Å².